The molecule has 0 saturated carbocycles. The SMILES string of the molecule is Cc1cn(-c2ccc(F)cc2F)nc1N. The first-order valence-electron chi connectivity index (χ1n) is 4.35. The van der Waals surface area contributed by atoms with Crippen molar-refractivity contribution in [3.8, 4) is 5.69 Å². The van der Waals surface area contributed by atoms with Gasteiger partial charge in [-0.25, -0.2) is 13.5 Å². The zero-order valence-electron chi connectivity index (χ0n) is 8.04. The van der Waals surface area contributed by atoms with Crippen LogP contribution in [0.1, 0.15) is 5.56 Å². The molecule has 1 aromatic heterocycles. The second-order valence-electron chi connectivity index (χ2n) is 3.24. The van der Waals surface area contributed by atoms with Gasteiger partial charge >= 0.3 is 0 Å². The summed E-state index contributed by atoms with van der Waals surface area (Å²) in [6, 6.07) is 3.30. The van der Waals surface area contributed by atoms with E-state index in [9.17, 15) is 8.78 Å². The van der Waals surface area contributed by atoms with E-state index < -0.39 is 11.6 Å². The Morgan fingerprint density at radius 3 is 2.60 bits per heavy atom. The number of nitrogens with two attached hydrogens (primary N) is 1. The number of hydrogen-bond donors (Lipinski definition) is 1. The maximum atomic E-state index is 13.3. The Morgan fingerprint density at radius 2 is 2.07 bits per heavy atom. The number of hydrogen-bond acceptors (Lipinski definition) is 2. The van der Waals surface area contributed by atoms with Gasteiger partial charge in [0, 0.05) is 17.8 Å². The van der Waals surface area contributed by atoms with Crippen LogP contribution in [0.2, 0.25) is 0 Å². The first kappa shape index (κ1) is 9.64. The molecule has 0 spiro atoms. The number of aromatic nitrogens is 2. The Balaban J connectivity index is 2.54. The Labute approximate surface area is 85.1 Å². The summed E-state index contributed by atoms with van der Waals surface area (Å²) < 4.78 is 27.3. The summed E-state index contributed by atoms with van der Waals surface area (Å²) in [5, 5.41) is 3.90. The number of aryl methyl sites for hydroxylation is 1. The molecule has 0 bridgehead atoms. The second-order valence-corrected chi connectivity index (χ2v) is 3.24. The second kappa shape index (κ2) is 3.34. The van der Waals surface area contributed by atoms with Crippen molar-refractivity contribution in [1.29, 1.82) is 0 Å². The van der Waals surface area contributed by atoms with Crippen molar-refractivity contribution in [3.05, 3.63) is 41.6 Å². The molecule has 0 radical (unpaired) electrons. The van der Waals surface area contributed by atoms with Crippen LogP contribution in [0, 0.1) is 18.6 Å². The zero-order valence-corrected chi connectivity index (χ0v) is 8.04. The highest BCUT2D eigenvalue weighted by Crippen LogP contribution is 2.16. The van der Waals surface area contributed by atoms with Gasteiger partial charge < -0.3 is 5.73 Å². The van der Waals surface area contributed by atoms with E-state index in [-0.39, 0.29) is 5.69 Å². The van der Waals surface area contributed by atoms with Crippen LogP contribution in [-0.4, -0.2) is 9.78 Å². The van der Waals surface area contributed by atoms with E-state index in [1.807, 2.05) is 0 Å². The van der Waals surface area contributed by atoms with E-state index in [0.29, 0.717) is 5.82 Å². The van der Waals surface area contributed by atoms with Crippen molar-refractivity contribution in [2.75, 3.05) is 5.73 Å². The molecule has 0 unspecified atom stereocenters. The third kappa shape index (κ3) is 1.68. The monoisotopic (exact) mass is 209 g/mol. The Hall–Kier alpha value is -1.91. The maximum absolute atomic E-state index is 13.3. The molecular formula is C10H9F2N3. The minimum Gasteiger partial charge on any atom is -0.382 e. The predicted molar refractivity (Wildman–Crippen MR) is 52.6 cm³/mol. The van der Waals surface area contributed by atoms with Gasteiger partial charge in [0.25, 0.3) is 0 Å². The molecule has 2 rings (SSSR count). The molecule has 2 N–H and O–H groups in total. The van der Waals surface area contributed by atoms with Gasteiger partial charge in [0.15, 0.2) is 5.82 Å². The summed E-state index contributed by atoms with van der Waals surface area (Å²) in [6.45, 7) is 1.76. The van der Waals surface area contributed by atoms with Crippen LogP contribution in [0.25, 0.3) is 5.69 Å². The molecule has 15 heavy (non-hydrogen) atoms. The number of nitrogen functional groups attached to an aromatic ring is 1. The zero-order chi connectivity index (χ0) is 11.0. The molecule has 0 aliphatic rings. The van der Waals surface area contributed by atoms with E-state index in [1.54, 1.807) is 13.1 Å². The maximum Gasteiger partial charge on any atom is 0.151 e. The molecule has 0 saturated heterocycles. The summed E-state index contributed by atoms with van der Waals surface area (Å²) in [4.78, 5) is 0. The fourth-order valence-corrected chi connectivity index (χ4v) is 1.26. The van der Waals surface area contributed by atoms with Gasteiger partial charge in [-0.3, -0.25) is 0 Å². The van der Waals surface area contributed by atoms with Crippen molar-refractivity contribution >= 4 is 5.82 Å². The first-order chi connectivity index (χ1) is 7.08. The molecule has 0 atom stereocenters. The average molecular weight is 209 g/mol. The predicted octanol–water partition coefficient (Wildman–Crippen LogP) is 2.04. The van der Waals surface area contributed by atoms with Crippen molar-refractivity contribution in [2.45, 2.75) is 6.92 Å². The standard InChI is InChI=1S/C10H9F2N3/c1-6-5-15(14-10(6)13)9-3-2-7(11)4-8(9)12/h2-5H,1H3,(H2,13,14). The molecular weight excluding hydrogens is 200 g/mol. The minimum absolute atomic E-state index is 0.177. The lowest BCUT2D eigenvalue weighted by Gasteiger charge is -2.02. The summed E-state index contributed by atoms with van der Waals surface area (Å²) in [6.07, 6.45) is 1.59. The number of benzene rings is 1. The van der Waals surface area contributed by atoms with Crippen LogP contribution in [0.15, 0.2) is 24.4 Å². The molecule has 5 heteroatoms. The van der Waals surface area contributed by atoms with Crippen molar-refractivity contribution in [3.63, 3.8) is 0 Å². The Bertz CT molecular complexity index is 486. The number of halogens is 2. The van der Waals surface area contributed by atoms with Crippen LogP contribution in [0.4, 0.5) is 14.6 Å². The molecule has 1 heterocycles. The normalized spacial score (nSPS) is 10.6. The Kier molecular flexibility index (Phi) is 2.15. The van der Waals surface area contributed by atoms with Crippen molar-refractivity contribution in [2.24, 2.45) is 0 Å². The highest BCUT2D eigenvalue weighted by molar-refractivity contribution is 5.41. The molecule has 2 aromatic rings. The third-order valence-electron chi connectivity index (χ3n) is 2.09. The summed E-state index contributed by atoms with van der Waals surface area (Å²) in [5.41, 5.74) is 6.46. The quantitative estimate of drug-likeness (QED) is 0.781. The van der Waals surface area contributed by atoms with Crippen molar-refractivity contribution < 1.29 is 8.78 Å². The van der Waals surface area contributed by atoms with Crippen LogP contribution < -0.4 is 5.73 Å². The van der Waals surface area contributed by atoms with E-state index in [1.165, 1.54) is 16.8 Å². The van der Waals surface area contributed by atoms with Gasteiger partial charge in [-0.2, -0.15) is 5.10 Å². The van der Waals surface area contributed by atoms with Gasteiger partial charge in [0.05, 0.1) is 0 Å². The highest BCUT2D eigenvalue weighted by atomic mass is 19.1. The summed E-state index contributed by atoms with van der Waals surface area (Å²) >= 11 is 0. The topological polar surface area (TPSA) is 43.8 Å². The fourth-order valence-electron chi connectivity index (χ4n) is 1.26. The van der Waals surface area contributed by atoms with Gasteiger partial charge in [0.2, 0.25) is 0 Å². The third-order valence-corrected chi connectivity index (χ3v) is 2.09. The highest BCUT2D eigenvalue weighted by Gasteiger charge is 2.08. The molecule has 3 nitrogen and oxygen atoms in total. The fraction of sp³-hybridized carbons (Fsp3) is 0.100. The number of nitrogens with zero attached hydrogens (tertiary/aromatic N) is 2. The minimum atomic E-state index is -0.669. The lowest BCUT2D eigenvalue weighted by Crippen LogP contribution is -1.99. The molecule has 1 aromatic carbocycles. The van der Waals surface area contributed by atoms with Gasteiger partial charge in [-0.15, -0.1) is 0 Å². The summed E-state index contributed by atoms with van der Waals surface area (Å²) in [5.74, 6) is -0.954. The summed E-state index contributed by atoms with van der Waals surface area (Å²) in [7, 11) is 0. The largest absolute Gasteiger partial charge is 0.382 e. The molecule has 0 fully saturated rings. The van der Waals surface area contributed by atoms with Crippen LogP contribution in [0.3, 0.4) is 0 Å². The van der Waals surface area contributed by atoms with Gasteiger partial charge in [-0.1, -0.05) is 0 Å². The lowest BCUT2D eigenvalue weighted by atomic mass is 10.3. The van der Waals surface area contributed by atoms with Crippen LogP contribution >= 0.6 is 0 Å². The number of anilines is 1. The van der Waals surface area contributed by atoms with Crippen molar-refractivity contribution in [1.82, 2.24) is 9.78 Å². The smallest absolute Gasteiger partial charge is 0.151 e. The van der Waals surface area contributed by atoms with Gasteiger partial charge in [0.1, 0.15) is 17.3 Å². The molecule has 0 amide bonds. The van der Waals surface area contributed by atoms with E-state index in [4.69, 9.17) is 5.73 Å². The van der Waals surface area contributed by atoms with E-state index in [0.717, 1.165) is 11.6 Å². The van der Waals surface area contributed by atoms with Crippen LogP contribution in [0.5, 0.6) is 0 Å². The average Bonchev–Trinajstić information content (AvgIpc) is 2.46. The lowest BCUT2D eigenvalue weighted by molar-refractivity contribution is 0.574. The molecule has 0 aliphatic carbocycles. The number of rotatable bonds is 1. The van der Waals surface area contributed by atoms with Gasteiger partial charge in [-0.05, 0) is 19.1 Å². The van der Waals surface area contributed by atoms with Crippen LogP contribution in [-0.2, 0) is 0 Å². The van der Waals surface area contributed by atoms with E-state index in [2.05, 4.69) is 5.10 Å². The Morgan fingerprint density at radius 1 is 1.33 bits per heavy atom. The van der Waals surface area contributed by atoms with E-state index >= 15 is 0 Å². The molecule has 78 valence electrons. The first-order valence-corrected chi connectivity index (χ1v) is 4.35. The molecule has 0 aliphatic heterocycles.